The summed E-state index contributed by atoms with van der Waals surface area (Å²) < 4.78 is 28.1. The normalized spacial score (nSPS) is 34.0. The minimum Gasteiger partial charge on any atom is -0.508 e. The highest BCUT2D eigenvalue weighted by atomic mass is 16.7. The minimum atomic E-state index is -1.79. The second kappa shape index (κ2) is 12.0. The van der Waals surface area contributed by atoms with Crippen LogP contribution in [0.25, 0.3) is 22.3 Å². The van der Waals surface area contributed by atoms with Crippen LogP contribution in [-0.4, -0.2) is 121 Å². The molecule has 0 saturated carbocycles. The molecule has 1 aromatic heterocycles. The van der Waals surface area contributed by atoms with Gasteiger partial charge in [-0.2, -0.15) is 0 Å². The summed E-state index contributed by atoms with van der Waals surface area (Å²) in [4.78, 5) is 0. The van der Waals surface area contributed by atoms with Crippen LogP contribution in [0.2, 0.25) is 0 Å². The lowest BCUT2D eigenvalue weighted by Gasteiger charge is -2.45. The number of phenolic OH excluding ortho intramolecular Hbond substituents is 2. The summed E-state index contributed by atoms with van der Waals surface area (Å²) in [5.74, 6) is 0.278. The first-order chi connectivity index (χ1) is 19.6. The van der Waals surface area contributed by atoms with E-state index in [4.69, 9.17) is 23.4 Å². The maximum Gasteiger partial charge on any atom is 0.368 e. The van der Waals surface area contributed by atoms with Crippen LogP contribution in [0.15, 0.2) is 52.9 Å². The molecule has 2 aromatic carbocycles. The lowest BCUT2D eigenvalue weighted by Crippen LogP contribution is -2.65. The van der Waals surface area contributed by atoms with Crippen molar-refractivity contribution in [3.8, 4) is 28.6 Å². The Morgan fingerprint density at radius 1 is 0.707 bits per heavy atom. The van der Waals surface area contributed by atoms with Crippen LogP contribution in [-0.2, 0) is 14.2 Å². The second-order valence-electron chi connectivity index (χ2n) is 9.82. The number of aliphatic hydroxyl groups is 7. The highest BCUT2D eigenvalue weighted by Gasteiger charge is 2.51. The fourth-order valence-electron chi connectivity index (χ4n) is 4.79. The smallest absolute Gasteiger partial charge is 0.368 e. The predicted molar refractivity (Wildman–Crippen MR) is 136 cm³/mol. The molecule has 2 fully saturated rings. The van der Waals surface area contributed by atoms with Crippen LogP contribution in [0.4, 0.5) is 0 Å². The number of hydrogen-bond acceptors (Lipinski definition) is 13. The molecule has 0 amide bonds. The third-order valence-corrected chi connectivity index (χ3v) is 7.08. The van der Waals surface area contributed by atoms with Gasteiger partial charge < -0.3 is 64.9 Å². The van der Waals surface area contributed by atoms with Gasteiger partial charge in [-0.1, -0.05) is 0 Å². The fraction of sp³-hybridized carbons (Fsp3) is 0.444. The first kappa shape index (κ1) is 29.3. The largest absolute Gasteiger partial charge is 0.508 e. The van der Waals surface area contributed by atoms with Crippen molar-refractivity contribution in [2.75, 3.05) is 13.2 Å². The molecule has 2 aliphatic rings. The molecule has 3 heterocycles. The first-order valence-corrected chi connectivity index (χ1v) is 12.8. The van der Waals surface area contributed by atoms with Gasteiger partial charge in [-0.3, -0.25) is 0 Å². The molecule has 41 heavy (non-hydrogen) atoms. The summed E-state index contributed by atoms with van der Waals surface area (Å²) in [5.41, 5.74) is 0.861. The van der Waals surface area contributed by atoms with Crippen LogP contribution >= 0.6 is 0 Å². The van der Waals surface area contributed by atoms with Gasteiger partial charge in [-0.05, 0) is 30.3 Å². The lowest BCUT2D eigenvalue weighted by atomic mass is 9.97. The summed E-state index contributed by atoms with van der Waals surface area (Å²) in [5, 5.41) is 91.6. The van der Waals surface area contributed by atoms with Gasteiger partial charge in [-0.25, -0.2) is 4.42 Å². The lowest BCUT2D eigenvalue weighted by molar-refractivity contribution is -0.352. The van der Waals surface area contributed by atoms with Crippen molar-refractivity contribution < 1.29 is 69.3 Å². The third-order valence-electron chi connectivity index (χ3n) is 7.08. The van der Waals surface area contributed by atoms with E-state index in [2.05, 4.69) is 0 Å². The van der Waals surface area contributed by atoms with Crippen LogP contribution in [0.5, 0.6) is 17.2 Å². The molecule has 222 valence electrons. The maximum atomic E-state index is 10.8. The summed E-state index contributed by atoms with van der Waals surface area (Å²) >= 11 is 0. The van der Waals surface area contributed by atoms with Gasteiger partial charge in [0.2, 0.25) is 6.29 Å². The zero-order valence-electron chi connectivity index (χ0n) is 21.4. The Balaban J connectivity index is 1.34. The average Bonchev–Trinajstić information content (AvgIpc) is 2.97. The average molecular weight is 580 g/mol. The third kappa shape index (κ3) is 5.80. The van der Waals surface area contributed by atoms with Gasteiger partial charge in [-0.15, -0.1) is 0 Å². The molecule has 0 aliphatic carbocycles. The van der Waals surface area contributed by atoms with E-state index in [1.807, 2.05) is 0 Å². The first-order valence-electron chi connectivity index (χ1n) is 12.8. The number of rotatable bonds is 7. The monoisotopic (exact) mass is 579 g/mol. The number of benzene rings is 2. The standard InChI is InChI=1S/C27H30O14/c28-9-18-20(32)21(33)23(35)27(39-18)41-25-19(10-29)40-26(24(36)22(25)34)37-13-7-15(31)14-5-6-16(38-17(14)8-13)11-1-3-12(30)4-2-11/h1-8,18-29,32-36H,9-10H2,(H-,30,31)/p+1/t18-,19-,20-,21+,22-,23-,24-,25-,26-,27+/m1/s1. The molecule has 0 unspecified atom stereocenters. The Labute approximate surface area is 232 Å². The van der Waals surface area contributed by atoms with E-state index in [-0.39, 0.29) is 22.8 Å². The Bertz CT molecular complexity index is 1330. The highest BCUT2D eigenvalue weighted by molar-refractivity contribution is 5.86. The molecule has 3 aromatic rings. The molecular weight excluding hydrogens is 548 g/mol. The van der Waals surface area contributed by atoms with Gasteiger partial charge in [0.1, 0.15) is 71.5 Å². The van der Waals surface area contributed by atoms with Crippen molar-refractivity contribution in [1.29, 1.82) is 0 Å². The van der Waals surface area contributed by atoms with Crippen LogP contribution < -0.4 is 4.74 Å². The molecule has 0 spiro atoms. The van der Waals surface area contributed by atoms with E-state index >= 15 is 0 Å². The quantitative estimate of drug-likeness (QED) is 0.150. The van der Waals surface area contributed by atoms with E-state index < -0.39 is 74.6 Å². The van der Waals surface area contributed by atoms with Crippen molar-refractivity contribution in [3.63, 3.8) is 0 Å². The molecule has 9 N–H and O–H groups in total. The fourth-order valence-corrected chi connectivity index (χ4v) is 4.79. The zero-order chi connectivity index (χ0) is 29.4. The number of aliphatic hydroxyl groups excluding tert-OH is 7. The predicted octanol–water partition coefficient (Wildman–Crippen LogP) is -1.21. The van der Waals surface area contributed by atoms with Crippen LogP contribution in [0.3, 0.4) is 0 Å². The van der Waals surface area contributed by atoms with Crippen molar-refractivity contribution in [2.45, 2.75) is 61.4 Å². The number of ether oxygens (including phenoxy) is 4. The Kier molecular flexibility index (Phi) is 8.58. The van der Waals surface area contributed by atoms with Gasteiger partial charge in [0.15, 0.2) is 6.29 Å². The van der Waals surface area contributed by atoms with Gasteiger partial charge >= 0.3 is 11.3 Å². The van der Waals surface area contributed by atoms with E-state index in [1.54, 1.807) is 24.3 Å². The van der Waals surface area contributed by atoms with E-state index in [9.17, 15) is 46.0 Å². The number of aromatic hydroxyl groups is 2. The molecular formula is C27H31O14+. The Hall–Kier alpha value is -3.15. The summed E-state index contributed by atoms with van der Waals surface area (Å²) in [6.07, 6.45) is -16.0. The molecule has 0 radical (unpaired) electrons. The summed E-state index contributed by atoms with van der Waals surface area (Å²) in [6.45, 7) is -1.45. The molecule has 10 atom stereocenters. The molecule has 14 heteroatoms. The van der Waals surface area contributed by atoms with Crippen LogP contribution in [0.1, 0.15) is 0 Å². The molecule has 2 saturated heterocycles. The summed E-state index contributed by atoms with van der Waals surface area (Å²) in [7, 11) is 0. The molecule has 2 aliphatic heterocycles. The minimum absolute atomic E-state index is 0.0113. The molecule has 5 rings (SSSR count). The molecule has 14 nitrogen and oxygen atoms in total. The Morgan fingerprint density at radius 2 is 1.37 bits per heavy atom. The van der Waals surface area contributed by atoms with Crippen molar-refractivity contribution >= 4 is 11.0 Å². The number of phenols is 2. The zero-order valence-corrected chi connectivity index (χ0v) is 21.4. The SMILES string of the molecule is OC[C@H]1O[C@@H](O[C@H]2[C@H](O)[C@@H](O)[C@H](Oc3cc(O)c4ccc(-c5ccc(O)cc5)[o+]c4c3)O[C@@H]2CO)[C@H](O)[C@@H](O)[C@@H]1O. The second-order valence-corrected chi connectivity index (χ2v) is 9.82. The number of hydrogen-bond donors (Lipinski definition) is 9. The Morgan fingerprint density at radius 3 is 2.05 bits per heavy atom. The van der Waals surface area contributed by atoms with Gasteiger partial charge in [0.05, 0.1) is 24.8 Å². The van der Waals surface area contributed by atoms with Gasteiger partial charge in [0, 0.05) is 12.1 Å². The molecule has 0 bridgehead atoms. The topological polar surface area (TPSA) is 230 Å². The number of fused-ring (bicyclic) bond motifs is 1. The van der Waals surface area contributed by atoms with Crippen molar-refractivity contribution in [1.82, 2.24) is 0 Å². The van der Waals surface area contributed by atoms with E-state index in [0.717, 1.165) is 0 Å². The maximum absolute atomic E-state index is 10.8. The van der Waals surface area contributed by atoms with Crippen molar-refractivity contribution in [2.24, 2.45) is 0 Å². The van der Waals surface area contributed by atoms with Gasteiger partial charge in [0.25, 0.3) is 0 Å². The summed E-state index contributed by atoms with van der Waals surface area (Å²) in [6, 6.07) is 12.2. The van der Waals surface area contributed by atoms with Crippen molar-refractivity contribution in [3.05, 3.63) is 48.5 Å². The van der Waals surface area contributed by atoms with E-state index in [1.165, 1.54) is 24.3 Å². The van der Waals surface area contributed by atoms with Crippen LogP contribution in [0, 0.1) is 0 Å². The van der Waals surface area contributed by atoms with E-state index in [0.29, 0.717) is 16.7 Å². The highest BCUT2D eigenvalue weighted by Crippen LogP contribution is 2.36.